The Labute approximate surface area is 191 Å². The number of pyridine rings is 1. The van der Waals surface area contributed by atoms with Crippen LogP contribution < -0.4 is 9.62 Å². The molecule has 1 aliphatic rings. The third kappa shape index (κ3) is 4.46. The summed E-state index contributed by atoms with van der Waals surface area (Å²) in [4.78, 5) is 11.3. The van der Waals surface area contributed by atoms with Crippen LogP contribution in [0, 0.1) is 5.92 Å². The Morgan fingerprint density at radius 3 is 2.60 bits per heavy atom. The van der Waals surface area contributed by atoms with E-state index in [9.17, 15) is 8.42 Å². The number of nitrogens with zero attached hydrogens (tertiary/aromatic N) is 5. The number of hydrogen-bond acceptors (Lipinski definition) is 5. The Morgan fingerprint density at radius 1 is 1.17 bits per heavy atom. The first-order valence-electron chi connectivity index (χ1n) is 9.99. The Kier molecular flexibility index (Phi) is 6.56. The summed E-state index contributed by atoms with van der Waals surface area (Å²) >= 11 is 1.87. The van der Waals surface area contributed by atoms with E-state index in [1.165, 1.54) is 9.57 Å². The van der Waals surface area contributed by atoms with Crippen LogP contribution in [0.1, 0.15) is 19.3 Å². The zero-order valence-corrected chi connectivity index (χ0v) is 19.8. The van der Waals surface area contributed by atoms with Gasteiger partial charge >= 0.3 is 0 Å². The van der Waals surface area contributed by atoms with Crippen LogP contribution >= 0.6 is 22.9 Å². The predicted molar refractivity (Wildman–Crippen MR) is 127 cm³/mol. The minimum atomic E-state index is -3.36. The van der Waals surface area contributed by atoms with Crippen molar-refractivity contribution in [3.63, 3.8) is 0 Å². The molecule has 8 nitrogen and oxygen atoms in total. The minimum Gasteiger partial charge on any atom is -0.370 e. The molecule has 0 unspecified atom stereocenters. The molecule has 0 amide bonds. The lowest BCUT2D eigenvalue weighted by Gasteiger charge is -2.34. The lowest BCUT2D eigenvalue weighted by Crippen LogP contribution is -2.36. The number of para-hydroxylation sites is 1. The van der Waals surface area contributed by atoms with Crippen LogP contribution in [0.15, 0.2) is 48.9 Å². The van der Waals surface area contributed by atoms with Gasteiger partial charge in [0.2, 0.25) is 0 Å². The van der Waals surface area contributed by atoms with Crippen molar-refractivity contribution in [1.82, 2.24) is 21.8 Å². The van der Waals surface area contributed by atoms with Gasteiger partial charge in [0.1, 0.15) is 11.8 Å². The topological polar surface area (TPSA) is 83.4 Å². The lowest BCUT2D eigenvalue weighted by atomic mass is 9.93. The number of halogens is 1. The number of nitrogens with one attached hydrogen (secondary N) is 1. The maximum atomic E-state index is 11.8. The van der Waals surface area contributed by atoms with Crippen LogP contribution in [0.4, 0.5) is 5.69 Å². The predicted octanol–water partition coefficient (Wildman–Crippen LogP) is 3.14. The van der Waals surface area contributed by atoms with Crippen molar-refractivity contribution in [2.45, 2.75) is 19.3 Å². The highest BCUT2D eigenvalue weighted by molar-refractivity contribution is 14.1. The van der Waals surface area contributed by atoms with Gasteiger partial charge in [-0.2, -0.15) is 8.42 Å². The molecule has 0 aliphatic carbocycles. The molecule has 3 heterocycles. The maximum Gasteiger partial charge on any atom is 0.287 e. The second kappa shape index (κ2) is 9.16. The van der Waals surface area contributed by atoms with Crippen molar-refractivity contribution in [2.75, 3.05) is 31.6 Å². The molecule has 1 N–H and O–H groups in total. The van der Waals surface area contributed by atoms with Gasteiger partial charge in [0.25, 0.3) is 10.2 Å². The molecule has 4 rings (SSSR count). The molecule has 0 radical (unpaired) electrons. The molecular weight excluding hydrogens is 515 g/mol. The van der Waals surface area contributed by atoms with Gasteiger partial charge in [-0.3, -0.25) is 4.57 Å². The van der Waals surface area contributed by atoms with Crippen LogP contribution in [-0.4, -0.2) is 52.2 Å². The fourth-order valence-corrected chi connectivity index (χ4v) is 5.35. The first kappa shape index (κ1) is 21.5. The van der Waals surface area contributed by atoms with Crippen LogP contribution in [0.5, 0.6) is 0 Å². The average molecular weight is 540 g/mol. The van der Waals surface area contributed by atoms with E-state index in [0.717, 1.165) is 54.9 Å². The first-order valence-corrected chi connectivity index (χ1v) is 12.4. The van der Waals surface area contributed by atoms with Gasteiger partial charge in [0.15, 0.2) is 5.65 Å². The molecule has 1 aliphatic heterocycles. The van der Waals surface area contributed by atoms with E-state index in [1.807, 2.05) is 53.6 Å². The average Bonchev–Trinajstić information content (AvgIpc) is 3.23. The lowest BCUT2D eigenvalue weighted by molar-refractivity contribution is 0.370. The number of aromatic nitrogens is 3. The van der Waals surface area contributed by atoms with Crippen LogP contribution in [0.25, 0.3) is 16.9 Å². The van der Waals surface area contributed by atoms with E-state index < -0.39 is 10.2 Å². The van der Waals surface area contributed by atoms with E-state index in [1.54, 1.807) is 0 Å². The van der Waals surface area contributed by atoms with Crippen LogP contribution in [-0.2, 0) is 10.2 Å². The van der Waals surface area contributed by atoms with E-state index in [-0.39, 0.29) is 0 Å². The van der Waals surface area contributed by atoms with Gasteiger partial charge in [-0.25, -0.2) is 14.7 Å². The van der Waals surface area contributed by atoms with E-state index in [0.29, 0.717) is 12.5 Å². The Balaban J connectivity index is 1.47. The zero-order valence-electron chi connectivity index (χ0n) is 16.8. The molecule has 2 aromatic heterocycles. The molecule has 0 saturated carbocycles. The van der Waals surface area contributed by atoms with Gasteiger partial charge in [-0.1, -0.05) is 18.2 Å². The van der Waals surface area contributed by atoms with E-state index >= 15 is 0 Å². The molecule has 0 bridgehead atoms. The summed E-state index contributed by atoms with van der Waals surface area (Å²) in [5, 5.41) is 0. The van der Waals surface area contributed by atoms with Crippen molar-refractivity contribution < 1.29 is 8.42 Å². The summed E-state index contributed by atoms with van der Waals surface area (Å²) in [6, 6.07) is 12.3. The number of piperidine rings is 1. The molecule has 1 fully saturated rings. The number of anilines is 1. The van der Waals surface area contributed by atoms with Crippen molar-refractivity contribution >= 4 is 49.9 Å². The van der Waals surface area contributed by atoms with Gasteiger partial charge in [0, 0.05) is 61.4 Å². The molecule has 3 aromatic rings. The highest BCUT2D eigenvalue weighted by atomic mass is 127. The number of fused-ring (bicyclic) bond motifs is 1. The SMILES string of the molecule is CNS(=O)(=O)N(I)CCC1CCN(c2ccnc3ncn(-c4ccccc4)c23)CC1. The van der Waals surface area contributed by atoms with Gasteiger partial charge in [-0.05, 0) is 43.4 Å². The third-order valence-electron chi connectivity index (χ3n) is 5.64. The Morgan fingerprint density at radius 2 is 1.90 bits per heavy atom. The Hall–Kier alpha value is -1.76. The van der Waals surface area contributed by atoms with Gasteiger partial charge in [-0.15, -0.1) is 2.52 Å². The van der Waals surface area contributed by atoms with Crippen molar-refractivity contribution in [2.24, 2.45) is 5.92 Å². The molecule has 0 atom stereocenters. The Bertz CT molecular complexity index is 1100. The zero-order chi connectivity index (χ0) is 21.1. The molecule has 0 spiro atoms. The number of benzene rings is 1. The van der Waals surface area contributed by atoms with E-state index in [4.69, 9.17) is 0 Å². The van der Waals surface area contributed by atoms with Gasteiger partial charge < -0.3 is 4.90 Å². The summed E-state index contributed by atoms with van der Waals surface area (Å²) in [7, 11) is -1.92. The van der Waals surface area contributed by atoms with Gasteiger partial charge in [0.05, 0.1) is 5.69 Å². The van der Waals surface area contributed by atoms with Crippen molar-refractivity contribution in [3.05, 3.63) is 48.9 Å². The van der Waals surface area contributed by atoms with Crippen LogP contribution in [0.3, 0.4) is 0 Å². The molecule has 1 aromatic carbocycles. The first-order chi connectivity index (χ1) is 14.5. The van der Waals surface area contributed by atoms with Crippen LogP contribution in [0.2, 0.25) is 0 Å². The molecule has 30 heavy (non-hydrogen) atoms. The molecule has 160 valence electrons. The highest BCUT2D eigenvalue weighted by Gasteiger charge is 2.24. The molecular formula is C20H25IN6O2S. The molecule has 1 saturated heterocycles. The summed E-state index contributed by atoms with van der Waals surface area (Å²) < 4.78 is 29.5. The summed E-state index contributed by atoms with van der Waals surface area (Å²) in [5.41, 5.74) is 3.99. The second-order valence-corrected chi connectivity index (χ2v) is 11.0. The maximum absolute atomic E-state index is 11.8. The monoisotopic (exact) mass is 540 g/mol. The largest absolute Gasteiger partial charge is 0.370 e. The molecule has 10 heteroatoms. The highest BCUT2D eigenvalue weighted by Crippen LogP contribution is 2.31. The fourth-order valence-electron chi connectivity index (χ4n) is 3.93. The smallest absolute Gasteiger partial charge is 0.287 e. The number of rotatable bonds is 7. The van der Waals surface area contributed by atoms with E-state index in [2.05, 4.69) is 42.4 Å². The number of hydrogen-bond donors (Lipinski definition) is 1. The van der Waals surface area contributed by atoms with Crippen molar-refractivity contribution in [1.29, 1.82) is 0 Å². The summed E-state index contributed by atoms with van der Waals surface area (Å²) in [6.45, 7) is 2.39. The second-order valence-electron chi connectivity index (χ2n) is 7.39. The summed E-state index contributed by atoms with van der Waals surface area (Å²) in [5.74, 6) is 0.516. The number of imidazole rings is 1. The summed E-state index contributed by atoms with van der Waals surface area (Å²) in [6.07, 6.45) is 6.59. The minimum absolute atomic E-state index is 0.516. The fraction of sp³-hybridized carbons (Fsp3) is 0.400. The van der Waals surface area contributed by atoms with Crippen molar-refractivity contribution in [3.8, 4) is 5.69 Å². The quantitative estimate of drug-likeness (QED) is 0.368. The standard InChI is InChI=1S/C20H25IN6O2S/c1-22-30(28,29)27(21)14-10-16-8-12-25(13-9-16)18-7-11-23-20-19(18)26(15-24-20)17-5-3-2-4-6-17/h2-7,11,15-16,22H,8-10,12-14H2,1H3. The normalized spacial score (nSPS) is 15.9. The third-order valence-corrected chi connectivity index (χ3v) is 8.90.